The molecule has 506 valence electrons. The molecule has 2 saturated heterocycles. The highest BCUT2D eigenvalue weighted by molar-refractivity contribution is 6.31. The van der Waals surface area contributed by atoms with E-state index in [4.69, 9.17) is 11.6 Å². The van der Waals surface area contributed by atoms with Gasteiger partial charge in [-0.25, -0.2) is 0 Å². The number of nitrogens with zero attached hydrogens (tertiary/aromatic N) is 8. The minimum atomic E-state index is -4.77. The number of amides is 11. The normalized spacial score (nSPS) is 24.7. The highest BCUT2D eigenvalue weighted by Gasteiger charge is 2.49. The first-order chi connectivity index (χ1) is 43.0. The molecule has 1 saturated carbocycles. The average Bonchev–Trinajstić information content (AvgIpc) is 1.55. The van der Waals surface area contributed by atoms with Gasteiger partial charge in [-0.1, -0.05) is 90.6 Å². The third-order valence-corrected chi connectivity index (χ3v) is 18.2. The van der Waals surface area contributed by atoms with E-state index in [9.17, 15) is 71.2 Å². The monoisotopic (exact) mass is 1310 g/mol. The van der Waals surface area contributed by atoms with Crippen LogP contribution in [0.15, 0.2) is 42.5 Å². The van der Waals surface area contributed by atoms with E-state index >= 15 is 0 Å². The van der Waals surface area contributed by atoms with Gasteiger partial charge in [0.05, 0.1) is 41.9 Å². The number of likely N-dealkylation sites (N-methyl/N-ethyl adjacent to an activating group) is 6. The molecule has 0 aromatic heterocycles. The summed E-state index contributed by atoms with van der Waals surface area (Å²) in [5.74, 6) is -8.50. The summed E-state index contributed by atoms with van der Waals surface area (Å²) >= 11 is 6.10. The molecule has 2 heterocycles. The molecule has 5 rings (SSSR count). The van der Waals surface area contributed by atoms with Gasteiger partial charge >= 0.3 is 6.18 Å². The Hall–Kier alpha value is -7.82. The third-order valence-electron chi connectivity index (χ3n) is 17.9. The van der Waals surface area contributed by atoms with Crippen molar-refractivity contribution < 1.29 is 65.9 Å². The van der Waals surface area contributed by atoms with Crippen LogP contribution in [0.25, 0.3) is 0 Å². The quantitative estimate of drug-likeness (QED) is 0.259. The maximum Gasteiger partial charge on any atom is 0.417 e. The van der Waals surface area contributed by atoms with Crippen molar-refractivity contribution in [2.24, 2.45) is 17.8 Å². The zero-order valence-corrected chi connectivity index (χ0v) is 56.0. The number of hydrogen-bond acceptors (Lipinski definition) is 12. The van der Waals surface area contributed by atoms with Crippen LogP contribution in [0.4, 0.5) is 13.2 Å². The van der Waals surface area contributed by atoms with Crippen LogP contribution in [0, 0.1) is 29.1 Å². The van der Waals surface area contributed by atoms with Gasteiger partial charge in [-0.2, -0.15) is 18.4 Å². The van der Waals surface area contributed by atoms with Crippen molar-refractivity contribution >= 4 is 76.6 Å². The molecule has 3 aliphatic rings. The number of halogens is 4. The van der Waals surface area contributed by atoms with Crippen molar-refractivity contribution in [2.45, 2.75) is 180 Å². The second-order valence-corrected chi connectivity index (χ2v) is 26.3. The Bertz CT molecular complexity index is 3080. The van der Waals surface area contributed by atoms with E-state index in [0.29, 0.717) is 36.8 Å². The van der Waals surface area contributed by atoms with Crippen LogP contribution >= 0.6 is 11.6 Å². The van der Waals surface area contributed by atoms with Crippen LogP contribution in [0.5, 0.6) is 0 Å². The van der Waals surface area contributed by atoms with Crippen molar-refractivity contribution in [3.8, 4) is 6.07 Å². The number of benzene rings is 2. The Morgan fingerprint density at radius 3 is 1.86 bits per heavy atom. The number of rotatable bonds is 10. The average molecular weight is 1310 g/mol. The number of fused-ring (bicyclic) bond motifs is 1. The standard InChI is InChI=1S/C65H92ClF3N12O11/c1-14-40(6)55-62(91)77(10)36-53(84)75(8)37-54(85)79(12)50(33-43-19-21-44(34-70)22-20-43)61(90)76(9)35-51(82)72-47(26-24-42-23-25-45(46(66)32-42)65(67,68)69)60(89)81-29-17-18-48(81)58(87)74-64(27-15-16-28-64)63(92)80(13)56(39(4)5)59(88)71-41(7)31-52(83)78(11)49(30-38(2)3)57(86)73-55/h19-23,25,32,38-41,47-50,55-56H,14-18,24,26-31,33,35-37H2,1-13H3,(H,71,88)(H,72,82)(H,73,86)(H,74,87)/t40-,41+,47-,48-,49-,50-,55-,56-/m0/s1. The van der Waals surface area contributed by atoms with Gasteiger partial charge in [0.25, 0.3) is 0 Å². The van der Waals surface area contributed by atoms with Gasteiger partial charge < -0.3 is 55.6 Å². The predicted molar refractivity (Wildman–Crippen MR) is 336 cm³/mol. The largest absolute Gasteiger partial charge is 0.417 e. The Labute approximate surface area is 542 Å². The molecule has 2 aliphatic heterocycles. The van der Waals surface area contributed by atoms with E-state index in [1.165, 1.54) is 75.2 Å². The minimum Gasteiger partial charge on any atom is -0.351 e. The van der Waals surface area contributed by atoms with Crippen molar-refractivity contribution in [3.63, 3.8) is 0 Å². The fourth-order valence-corrected chi connectivity index (χ4v) is 12.5. The molecule has 2 aromatic carbocycles. The zero-order valence-electron chi connectivity index (χ0n) is 55.2. The molecule has 27 heteroatoms. The number of alkyl halides is 3. The number of carbonyl (C=O) groups is 11. The Morgan fingerprint density at radius 2 is 1.28 bits per heavy atom. The first-order valence-electron chi connectivity index (χ1n) is 31.5. The lowest BCUT2D eigenvalue weighted by Gasteiger charge is -2.39. The van der Waals surface area contributed by atoms with Crippen LogP contribution in [0.3, 0.4) is 0 Å². The molecule has 8 atom stereocenters. The molecule has 1 spiro atoms. The summed E-state index contributed by atoms with van der Waals surface area (Å²) in [5.41, 5.74) is -1.51. The molecule has 4 N–H and O–H groups in total. The van der Waals surface area contributed by atoms with E-state index < -0.39 is 161 Å². The second-order valence-electron chi connectivity index (χ2n) is 25.9. The Balaban J connectivity index is 1.57. The molecule has 0 radical (unpaired) electrons. The maximum atomic E-state index is 15.0. The Morgan fingerprint density at radius 1 is 0.685 bits per heavy atom. The lowest BCUT2D eigenvalue weighted by molar-refractivity contribution is -0.149. The molecular weight excluding hydrogens is 1220 g/mol. The van der Waals surface area contributed by atoms with Gasteiger partial charge in [-0.3, -0.25) is 52.7 Å². The predicted octanol–water partition coefficient (Wildman–Crippen LogP) is 4.31. The van der Waals surface area contributed by atoms with Crippen LogP contribution < -0.4 is 21.3 Å². The fourth-order valence-electron chi connectivity index (χ4n) is 12.2. The number of carbonyl (C=O) groups excluding carboxylic acids is 11. The molecule has 3 fully saturated rings. The summed E-state index contributed by atoms with van der Waals surface area (Å²) in [6, 6.07) is 3.14. The van der Waals surface area contributed by atoms with Gasteiger partial charge in [-0.05, 0) is 105 Å². The first-order valence-corrected chi connectivity index (χ1v) is 31.8. The van der Waals surface area contributed by atoms with Crippen LogP contribution in [-0.2, 0) is 71.8 Å². The van der Waals surface area contributed by atoms with Gasteiger partial charge in [-0.15, -0.1) is 0 Å². The van der Waals surface area contributed by atoms with Gasteiger partial charge in [0.1, 0.15) is 41.8 Å². The lowest BCUT2D eigenvalue weighted by Crippen LogP contribution is -2.64. The second kappa shape index (κ2) is 32.6. The highest BCUT2D eigenvalue weighted by atomic mass is 35.5. The first kappa shape index (κ1) is 74.9. The van der Waals surface area contributed by atoms with Gasteiger partial charge in [0.15, 0.2) is 0 Å². The summed E-state index contributed by atoms with van der Waals surface area (Å²) in [6.45, 7) is 10.6. The lowest BCUT2D eigenvalue weighted by atomic mass is 9.92. The SMILES string of the molecule is CC[C@H](C)[C@@H]1NC(=O)[C@H](CC(C)C)N(C)C(=O)C[C@@H](C)NC(=O)[C@H](C(C)C)N(C)C(=O)C2(CCCC2)NC(=O)[C@@H]2CCCN2C(=O)[C@H](CCc2ccc(C(F)(F)F)c(Cl)c2)NC(=O)CN(C)C(=O)[C@H](Cc2ccc(C#N)cc2)N(C)C(=O)CN(C)C(=O)CN(C)C1=O. The summed E-state index contributed by atoms with van der Waals surface area (Å²) < 4.78 is 41.3. The van der Waals surface area contributed by atoms with E-state index in [0.717, 1.165) is 31.7 Å². The molecule has 23 nitrogen and oxygen atoms in total. The highest BCUT2D eigenvalue weighted by Crippen LogP contribution is 2.36. The summed E-state index contributed by atoms with van der Waals surface area (Å²) in [4.78, 5) is 167. The third kappa shape index (κ3) is 19.1. The molecule has 92 heavy (non-hydrogen) atoms. The number of nitriles is 1. The summed E-state index contributed by atoms with van der Waals surface area (Å²) in [6.07, 6.45) is -3.02. The number of aryl methyl sites for hydroxylation is 1. The van der Waals surface area contributed by atoms with Crippen molar-refractivity contribution in [1.82, 2.24) is 55.6 Å². The smallest absolute Gasteiger partial charge is 0.351 e. The van der Waals surface area contributed by atoms with Crippen molar-refractivity contribution in [2.75, 3.05) is 68.5 Å². The minimum absolute atomic E-state index is 0.0258. The van der Waals surface area contributed by atoms with E-state index in [1.807, 2.05) is 26.8 Å². The van der Waals surface area contributed by atoms with Crippen molar-refractivity contribution in [1.29, 1.82) is 5.26 Å². The van der Waals surface area contributed by atoms with E-state index in [1.54, 1.807) is 39.8 Å². The van der Waals surface area contributed by atoms with Crippen LogP contribution in [-0.4, -0.2) is 216 Å². The molecule has 11 amide bonds. The molecule has 0 bridgehead atoms. The Kier molecular flexibility index (Phi) is 26.6. The van der Waals surface area contributed by atoms with Crippen molar-refractivity contribution in [3.05, 3.63) is 69.7 Å². The summed E-state index contributed by atoms with van der Waals surface area (Å²) in [5, 5.41) is 20.3. The van der Waals surface area contributed by atoms with Crippen LogP contribution in [0.1, 0.15) is 135 Å². The molecular formula is C65H92ClF3N12O11. The fraction of sp³-hybridized carbons (Fsp3) is 0.631. The molecule has 0 unspecified atom stereocenters. The zero-order chi connectivity index (χ0) is 68.9. The summed E-state index contributed by atoms with van der Waals surface area (Å²) in [7, 11) is 8.23. The van der Waals surface area contributed by atoms with Crippen LogP contribution in [0.2, 0.25) is 5.02 Å². The molecule has 2 aromatic rings. The number of nitrogens with one attached hydrogen (secondary N) is 4. The molecule has 1 aliphatic carbocycles. The maximum absolute atomic E-state index is 15.0. The van der Waals surface area contributed by atoms with E-state index in [-0.39, 0.29) is 69.4 Å². The van der Waals surface area contributed by atoms with E-state index in [2.05, 4.69) is 21.3 Å². The van der Waals surface area contributed by atoms with Gasteiger partial charge in [0, 0.05) is 67.7 Å². The van der Waals surface area contributed by atoms with Gasteiger partial charge in [0.2, 0.25) is 65.0 Å². The topological polar surface area (TPSA) is 282 Å². The number of hydrogen-bond donors (Lipinski definition) is 4.